The van der Waals surface area contributed by atoms with Crippen molar-refractivity contribution in [1.29, 1.82) is 0 Å². The van der Waals surface area contributed by atoms with E-state index in [9.17, 15) is 4.79 Å². The summed E-state index contributed by atoms with van der Waals surface area (Å²) >= 11 is 5.73. The quantitative estimate of drug-likeness (QED) is 0.888. The Labute approximate surface area is 117 Å². The van der Waals surface area contributed by atoms with E-state index in [1.807, 2.05) is 0 Å². The number of nitrogens with zero attached hydrogens (tertiary/aromatic N) is 2. The molecule has 0 unspecified atom stereocenters. The molecule has 7 heteroatoms. The summed E-state index contributed by atoms with van der Waals surface area (Å²) in [5.74, 6) is 0.186. The highest BCUT2D eigenvalue weighted by molar-refractivity contribution is 6.31. The lowest BCUT2D eigenvalue weighted by molar-refractivity contribution is 0.0534. The SMILES string of the molecule is CC(C)(C)OC(=O)NCC=Cc1cnc(N)c(Cl)n1. The summed E-state index contributed by atoms with van der Waals surface area (Å²) in [6.45, 7) is 5.72. The van der Waals surface area contributed by atoms with Crippen LogP contribution in [0, 0.1) is 0 Å². The number of nitrogen functional groups attached to an aromatic ring is 1. The third kappa shape index (κ3) is 6.05. The first kappa shape index (κ1) is 15.2. The number of amides is 1. The zero-order valence-electron chi connectivity index (χ0n) is 11.1. The van der Waals surface area contributed by atoms with Crippen LogP contribution >= 0.6 is 11.6 Å². The van der Waals surface area contributed by atoms with Crippen molar-refractivity contribution in [1.82, 2.24) is 15.3 Å². The number of halogens is 1. The largest absolute Gasteiger partial charge is 0.444 e. The Hall–Kier alpha value is -1.82. The van der Waals surface area contributed by atoms with E-state index in [-0.39, 0.29) is 11.0 Å². The lowest BCUT2D eigenvalue weighted by Crippen LogP contribution is -2.32. The van der Waals surface area contributed by atoms with Crippen LogP contribution in [0.4, 0.5) is 10.6 Å². The first-order chi connectivity index (χ1) is 8.78. The van der Waals surface area contributed by atoms with Crippen LogP contribution in [-0.2, 0) is 4.74 Å². The summed E-state index contributed by atoms with van der Waals surface area (Å²) in [5, 5.41) is 2.74. The number of carbonyl (C=O) groups excluding carboxylic acids is 1. The fourth-order valence-corrected chi connectivity index (χ4v) is 1.25. The van der Waals surface area contributed by atoms with Gasteiger partial charge in [0.25, 0.3) is 0 Å². The van der Waals surface area contributed by atoms with Crippen molar-refractivity contribution in [3.05, 3.63) is 23.1 Å². The van der Waals surface area contributed by atoms with Gasteiger partial charge in [-0.15, -0.1) is 0 Å². The van der Waals surface area contributed by atoms with Gasteiger partial charge in [-0.3, -0.25) is 0 Å². The van der Waals surface area contributed by atoms with E-state index in [2.05, 4.69) is 15.3 Å². The molecule has 104 valence electrons. The van der Waals surface area contributed by atoms with Gasteiger partial charge in [0.15, 0.2) is 11.0 Å². The Morgan fingerprint density at radius 1 is 1.58 bits per heavy atom. The Morgan fingerprint density at radius 2 is 2.26 bits per heavy atom. The van der Waals surface area contributed by atoms with Gasteiger partial charge in [-0.2, -0.15) is 0 Å². The minimum atomic E-state index is -0.510. The second kappa shape index (κ2) is 6.38. The first-order valence-corrected chi connectivity index (χ1v) is 6.07. The molecule has 0 radical (unpaired) electrons. The highest BCUT2D eigenvalue weighted by atomic mass is 35.5. The molecule has 1 aromatic heterocycles. The molecule has 3 N–H and O–H groups in total. The van der Waals surface area contributed by atoms with Crippen molar-refractivity contribution in [2.75, 3.05) is 12.3 Å². The third-order valence-electron chi connectivity index (χ3n) is 1.83. The number of aromatic nitrogens is 2. The third-order valence-corrected chi connectivity index (χ3v) is 2.10. The number of nitrogens with two attached hydrogens (primary N) is 1. The molecule has 19 heavy (non-hydrogen) atoms. The van der Waals surface area contributed by atoms with Crippen LogP contribution in [0.1, 0.15) is 26.5 Å². The minimum Gasteiger partial charge on any atom is -0.444 e. The Kier molecular flexibility index (Phi) is 5.11. The van der Waals surface area contributed by atoms with Gasteiger partial charge < -0.3 is 15.8 Å². The van der Waals surface area contributed by atoms with Crippen LogP contribution in [0.25, 0.3) is 6.08 Å². The van der Waals surface area contributed by atoms with Gasteiger partial charge in [-0.05, 0) is 26.8 Å². The van der Waals surface area contributed by atoms with Gasteiger partial charge in [-0.1, -0.05) is 17.7 Å². The van der Waals surface area contributed by atoms with E-state index in [0.29, 0.717) is 12.2 Å². The highest BCUT2D eigenvalue weighted by Gasteiger charge is 2.14. The first-order valence-electron chi connectivity index (χ1n) is 5.69. The smallest absolute Gasteiger partial charge is 0.407 e. The number of hydrogen-bond donors (Lipinski definition) is 2. The molecular weight excluding hydrogens is 268 g/mol. The minimum absolute atomic E-state index is 0.155. The maximum atomic E-state index is 11.3. The Morgan fingerprint density at radius 3 is 2.84 bits per heavy atom. The van der Waals surface area contributed by atoms with Gasteiger partial charge in [0.2, 0.25) is 0 Å². The molecule has 0 atom stereocenters. The number of ether oxygens (including phenoxy) is 1. The second-order valence-corrected chi connectivity index (χ2v) is 5.11. The molecule has 0 aliphatic carbocycles. The molecule has 0 saturated heterocycles. The molecule has 1 heterocycles. The average molecular weight is 285 g/mol. The summed E-state index contributed by atoms with van der Waals surface area (Å²) in [4.78, 5) is 19.2. The summed E-state index contributed by atoms with van der Waals surface area (Å²) in [6, 6.07) is 0. The van der Waals surface area contributed by atoms with Gasteiger partial charge in [0, 0.05) is 6.54 Å². The zero-order chi connectivity index (χ0) is 14.5. The fourth-order valence-electron chi connectivity index (χ4n) is 1.10. The maximum absolute atomic E-state index is 11.3. The molecule has 0 bridgehead atoms. The number of anilines is 1. The molecule has 1 aromatic rings. The van der Waals surface area contributed by atoms with Crippen LogP contribution in [0.5, 0.6) is 0 Å². The molecule has 0 aliphatic heterocycles. The molecule has 6 nitrogen and oxygen atoms in total. The van der Waals surface area contributed by atoms with E-state index >= 15 is 0 Å². The van der Waals surface area contributed by atoms with Crippen LogP contribution in [-0.4, -0.2) is 28.2 Å². The van der Waals surface area contributed by atoms with E-state index < -0.39 is 11.7 Å². The lowest BCUT2D eigenvalue weighted by atomic mass is 10.2. The van der Waals surface area contributed by atoms with E-state index in [1.165, 1.54) is 6.20 Å². The standard InChI is InChI=1S/C12H17ClN4O2/c1-12(2,3)19-11(18)15-6-4-5-8-7-16-10(14)9(13)17-8/h4-5,7H,6H2,1-3H3,(H2,14,16)(H,15,18). The lowest BCUT2D eigenvalue weighted by Gasteiger charge is -2.19. The molecule has 0 saturated carbocycles. The fraction of sp³-hybridized carbons (Fsp3) is 0.417. The monoisotopic (exact) mass is 284 g/mol. The van der Waals surface area contributed by atoms with Crippen molar-refractivity contribution in [2.45, 2.75) is 26.4 Å². The zero-order valence-corrected chi connectivity index (χ0v) is 11.9. The van der Waals surface area contributed by atoms with Crippen molar-refractivity contribution >= 4 is 29.6 Å². The normalized spacial score (nSPS) is 11.6. The van der Waals surface area contributed by atoms with Crippen LogP contribution in [0.15, 0.2) is 12.3 Å². The molecule has 0 fully saturated rings. The predicted octanol–water partition coefficient (Wildman–Crippen LogP) is 2.25. The molecule has 0 spiro atoms. The molecule has 1 amide bonds. The van der Waals surface area contributed by atoms with Crippen molar-refractivity contribution in [3.63, 3.8) is 0 Å². The number of nitrogens with one attached hydrogen (secondary N) is 1. The molecular formula is C12H17ClN4O2. The average Bonchev–Trinajstić information content (AvgIpc) is 2.27. The van der Waals surface area contributed by atoms with Crippen molar-refractivity contribution in [3.8, 4) is 0 Å². The number of rotatable bonds is 3. The second-order valence-electron chi connectivity index (χ2n) is 4.76. The van der Waals surface area contributed by atoms with Crippen LogP contribution < -0.4 is 11.1 Å². The van der Waals surface area contributed by atoms with Crippen molar-refractivity contribution in [2.24, 2.45) is 0 Å². The Balaban J connectivity index is 2.42. The summed E-state index contributed by atoms with van der Waals surface area (Å²) in [5.41, 5.74) is 5.49. The van der Waals surface area contributed by atoms with E-state index in [4.69, 9.17) is 22.1 Å². The van der Waals surface area contributed by atoms with Crippen molar-refractivity contribution < 1.29 is 9.53 Å². The molecule has 1 rings (SSSR count). The summed E-state index contributed by atoms with van der Waals surface area (Å²) in [6.07, 6.45) is 4.40. The van der Waals surface area contributed by atoms with Crippen LogP contribution in [0.2, 0.25) is 5.15 Å². The predicted molar refractivity (Wildman–Crippen MR) is 74.7 cm³/mol. The Bertz CT molecular complexity index is 483. The van der Waals surface area contributed by atoms with Gasteiger partial charge in [0.1, 0.15) is 5.60 Å². The van der Waals surface area contributed by atoms with Crippen LogP contribution in [0.3, 0.4) is 0 Å². The maximum Gasteiger partial charge on any atom is 0.407 e. The number of alkyl carbamates (subject to hydrolysis) is 1. The number of hydrogen-bond acceptors (Lipinski definition) is 5. The highest BCUT2D eigenvalue weighted by Crippen LogP contribution is 2.12. The van der Waals surface area contributed by atoms with E-state index in [0.717, 1.165) is 0 Å². The summed E-state index contributed by atoms with van der Waals surface area (Å²) < 4.78 is 5.08. The number of carbonyl (C=O) groups is 1. The molecule has 0 aromatic carbocycles. The van der Waals surface area contributed by atoms with Gasteiger partial charge >= 0.3 is 6.09 Å². The molecule has 0 aliphatic rings. The summed E-state index contributed by atoms with van der Waals surface area (Å²) in [7, 11) is 0. The van der Waals surface area contributed by atoms with Gasteiger partial charge in [-0.25, -0.2) is 14.8 Å². The van der Waals surface area contributed by atoms with E-state index in [1.54, 1.807) is 32.9 Å². The van der Waals surface area contributed by atoms with Gasteiger partial charge in [0.05, 0.1) is 11.9 Å². The topological polar surface area (TPSA) is 90.1 Å².